The Kier molecular flexibility index (Phi) is 6.15. The van der Waals surface area contributed by atoms with Crippen LogP contribution in [0, 0.1) is 0 Å². The third kappa shape index (κ3) is 4.79. The first-order valence-electron chi connectivity index (χ1n) is 6.48. The summed E-state index contributed by atoms with van der Waals surface area (Å²) in [5.41, 5.74) is 2.18. The van der Waals surface area contributed by atoms with Crippen LogP contribution in [0.4, 0.5) is 10.5 Å². The number of benzene rings is 1. The molecule has 0 heterocycles. The SMILES string of the molecule is CCN(CCO)C(=O)NCc1ccc(N(C)C)cc1. The number of amides is 2. The standard InChI is InChI=1S/C14H23N3O2/c1-4-17(9-10-18)14(19)15-11-12-5-7-13(8-6-12)16(2)3/h5-8,18H,4,9-11H2,1-3H3,(H,15,19). The Morgan fingerprint density at radius 1 is 1.26 bits per heavy atom. The number of nitrogens with one attached hydrogen (secondary N) is 1. The number of rotatable bonds is 6. The van der Waals surface area contributed by atoms with E-state index >= 15 is 0 Å². The Bertz CT molecular complexity index is 390. The Hall–Kier alpha value is -1.75. The molecule has 0 fully saturated rings. The van der Waals surface area contributed by atoms with Gasteiger partial charge in [-0.3, -0.25) is 0 Å². The fourth-order valence-electron chi connectivity index (χ4n) is 1.73. The van der Waals surface area contributed by atoms with Crippen LogP contribution in [-0.2, 0) is 6.54 Å². The number of nitrogens with zero attached hydrogens (tertiary/aromatic N) is 2. The Morgan fingerprint density at radius 2 is 1.89 bits per heavy atom. The first kappa shape index (κ1) is 15.3. The summed E-state index contributed by atoms with van der Waals surface area (Å²) in [5.74, 6) is 0. The topological polar surface area (TPSA) is 55.8 Å². The quantitative estimate of drug-likeness (QED) is 0.814. The Morgan fingerprint density at radius 3 is 2.37 bits per heavy atom. The number of hydrogen-bond donors (Lipinski definition) is 2. The Labute approximate surface area is 114 Å². The average molecular weight is 265 g/mol. The van der Waals surface area contributed by atoms with E-state index < -0.39 is 0 Å². The molecule has 0 spiro atoms. The normalized spacial score (nSPS) is 10.1. The second kappa shape index (κ2) is 7.63. The number of aliphatic hydroxyl groups is 1. The lowest BCUT2D eigenvalue weighted by Crippen LogP contribution is -2.41. The van der Waals surface area contributed by atoms with Gasteiger partial charge in [0.2, 0.25) is 0 Å². The second-order valence-electron chi connectivity index (χ2n) is 4.52. The van der Waals surface area contributed by atoms with Crippen molar-refractivity contribution in [2.45, 2.75) is 13.5 Å². The van der Waals surface area contributed by atoms with E-state index in [1.165, 1.54) is 0 Å². The lowest BCUT2D eigenvalue weighted by Gasteiger charge is -2.20. The van der Waals surface area contributed by atoms with Crippen molar-refractivity contribution in [1.82, 2.24) is 10.2 Å². The number of hydrogen-bond acceptors (Lipinski definition) is 3. The third-order valence-electron chi connectivity index (χ3n) is 2.94. The van der Waals surface area contributed by atoms with Crippen molar-refractivity contribution in [2.75, 3.05) is 38.7 Å². The first-order chi connectivity index (χ1) is 9.08. The van der Waals surface area contributed by atoms with Gasteiger partial charge in [-0.25, -0.2) is 4.79 Å². The molecule has 1 rings (SSSR count). The number of anilines is 1. The van der Waals surface area contributed by atoms with Crippen molar-refractivity contribution in [3.8, 4) is 0 Å². The van der Waals surface area contributed by atoms with Gasteiger partial charge < -0.3 is 20.2 Å². The molecule has 5 heteroatoms. The zero-order valence-electron chi connectivity index (χ0n) is 11.9. The van der Waals surface area contributed by atoms with Gasteiger partial charge >= 0.3 is 6.03 Å². The van der Waals surface area contributed by atoms with E-state index in [4.69, 9.17) is 5.11 Å². The molecule has 5 nitrogen and oxygen atoms in total. The average Bonchev–Trinajstić information content (AvgIpc) is 2.42. The van der Waals surface area contributed by atoms with Crippen LogP contribution in [0.15, 0.2) is 24.3 Å². The molecule has 0 aliphatic rings. The number of carbonyl (C=O) groups excluding carboxylic acids is 1. The van der Waals surface area contributed by atoms with E-state index in [0.717, 1.165) is 11.3 Å². The molecule has 0 saturated carbocycles. The van der Waals surface area contributed by atoms with Crippen molar-refractivity contribution in [3.05, 3.63) is 29.8 Å². The zero-order chi connectivity index (χ0) is 14.3. The monoisotopic (exact) mass is 265 g/mol. The van der Waals surface area contributed by atoms with Gasteiger partial charge in [-0.15, -0.1) is 0 Å². The molecule has 19 heavy (non-hydrogen) atoms. The highest BCUT2D eigenvalue weighted by Gasteiger charge is 2.09. The molecule has 0 aromatic heterocycles. The Balaban J connectivity index is 2.49. The zero-order valence-corrected chi connectivity index (χ0v) is 11.9. The van der Waals surface area contributed by atoms with Crippen LogP contribution in [0.3, 0.4) is 0 Å². The summed E-state index contributed by atoms with van der Waals surface area (Å²) < 4.78 is 0. The molecule has 1 aromatic carbocycles. The molecule has 0 aliphatic carbocycles. The number of likely N-dealkylation sites (N-methyl/N-ethyl adjacent to an activating group) is 1. The molecule has 2 amide bonds. The lowest BCUT2D eigenvalue weighted by atomic mass is 10.2. The first-order valence-corrected chi connectivity index (χ1v) is 6.48. The fourth-order valence-corrected chi connectivity index (χ4v) is 1.73. The fraction of sp³-hybridized carbons (Fsp3) is 0.500. The van der Waals surface area contributed by atoms with E-state index in [0.29, 0.717) is 19.6 Å². The van der Waals surface area contributed by atoms with E-state index in [9.17, 15) is 4.79 Å². The van der Waals surface area contributed by atoms with Crippen LogP contribution in [-0.4, -0.2) is 49.8 Å². The van der Waals surface area contributed by atoms with Crippen LogP contribution in [0.2, 0.25) is 0 Å². The number of aliphatic hydroxyl groups excluding tert-OH is 1. The minimum absolute atomic E-state index is 0.0151. The summed E-state index contributed by atoms with van der Waals surface area (Å²) in [6, 6.07) is 7.89. The highest BCUT2D eigenvalue weighted by molar-refractivity contribution is 5.74. The van der Waals surface area contributed by atoms with Crippen molar-refractivity contribution >= 4 is 11.7 Å². The van der Waals surface area contributed by atoms with Gasteiger partial charge in [0, 0.05) is 39.4 Å². The molecular formula is C14H23N3O2. The molecule has 1 aromatic rings. The number of urea groups is 1. The molecular weight excluding hydrogens is 242 g/mol. The summed E-state index contributed by atoms with van der Waals surface area (Å²) in [7, 11) is 3.98. The van der Waals surface area contributed by atoms with Crippen LogP contribution >= 0.6 is 0 Å². The van der Waals surface area contributed by atoms with E-state index in [1.807, 2.05) is 50.2 Å². The molecule has 0 aliphatic heterocycles. The highest BCUT2D eigenvalue weighted by atomic mass is 16.3. The molecule has 0 saturated heterocycles. The maximum atomic E-state index is 11.8. The van der Waals surface area contributed by atoms with E-state index in [1.54, 1.807) is 4.90 Å². The van der Waals surface area contributed by atoms with Gasteiger partial charge in [-0.05, 0) is 24.6 Å². The summed E-state index contributed by atoms with van der Waals surface area (Å²) >= 11 is 0. The molecule has 0 unspecified atom stereocenters. The van der Waals surface area contributed by atoms with E-state index in [-0.39, 0.29) is 12.6 Å². The van der Waals surface area contributed by atoms with Crippen molar-refractivity contribution in [1.29, 1.82) is 0 Å². The van der Waals surface area contributed by atoms with Crippen molar-refractivity contribution < 1.29 is 9.90 Å². The van der Waals surface area contributed by atoms with Crippen LogP contribution in [0.25, 0.3) is 0 Å². The minimum atomic E-state index is -0.145. The molecule has 0 bridgehead atoms. The molecule has 0 atom stereocenters. The third-order valence-corrected chi connectivity index (χ3v) is 2.94. The maximum absolute atomic E-state index is 11.8. The summed E-state index contributed by atoms with van der Waals surface area (Å²) in [6.45, 7) is 3.32. The van der Waals surface area contributed by atoms with Gasteiger partial charge in [0.05, 0.1) is 6.61 Å². The van der Waals surface area contributed by atoms with Gasteiger partial charge in [-0.1, -0.05) is 12.1 Å². The van der Waals surface area contributed by atoms with Gasteiger partial charge in [0.25, 0.3) is 0 Å². The van der Waals surface area contributed by atoms with Crippen molar-refractivity contribution in [3.63, 3.8) is 0 Å². The smallest absolute Gasteiger partial charge is 0.317 e. The van der Waals surface area contributed by atoms with Gasteiger partial charge in [-0.2, -0.15) is 0 Å². The van der Waals surface area contributed by atoms with Crippen molar-refractivity contribution in [2.24, 2.45) is 0 Å². The number of carbonyl (C=O) groups is 1. The maximum Gasteiger partial charge on any atom is 0.317 e. The largest absolute Gasteiger partial charge is 0.395 e. The lowest BCUT2D eigenvalue weighted by molar-refractivity contribution is 0.180. The summed E-state index contributed by atoms with van der Waals surface area (Å²) in [6.07, 6.45) is 0. The second-order valence-corrected chi connectivity index (χ2v) is 4.52. The minimum Gasteiger partial charge on any atom is -0.395 e. The molecule has 0 radical (unpaired) electrons. The van der Waals surface area contributed by atoms with Gasteiger partial charge in [0.1, 0.15) is 0 Å². The van der Waals surface area contributed by atoms with Gasteiger partial charge in [0.15, 0.2) is 0 Å². The van der Waals surface area contributed by atoms with Crippen LogP contribution in [0.5, 0.6) is 0 Å². The van der Waals surface area contributed by atoms with E-state index in [2.05, 4.69) is 5.32 Å². The van der Waals surface area contributed by atoms with Crippen LogP contribution < -0.4 is 10.2 Å². The summed E-state index contributed by atoms with van der Waals surface area (Å²) in [4.78, 5) is 15.4. The van der Waals surface area contributed by atoms with Crippen LogP contribution in [0.1, 0.15) is 12.5 Å². The predicted molar refractivity (Wildman–Crippen MR) is 77.3 cm³/mol. The molecule has 2 N–H and O–H groups in total. The predicted octanol–water partition coefficient (Wildman–Crippen LogP) is 1.28. The highest BCUT2D eigenvalue weighted by Crippen LogP contribution is 2.11. The summed E-state index contributed by atoms with van der Waals surface area (Å²) in [5, 5.41) is 11.7. The molecule has 106 valence electrons.